The number of pyridine rings is 1. The molecule has 0 spiro atoms. The van der Waals surface area contributed by atoms with Gasteiger partial charge in [0.05, 0.1) is 31.1 Å². The van der Waals surface area contributed by atoms with Crippen LogP contribution in [-0.2, 0) is 14.0 Å². The Morgan fingerprint density at radius 2 is 2.18 bits per heavy atom. The number of hydrogen-bond acceptors (Lipinski definition) is 5. The van der Waals surface area contributed by atoms with Gasteiger partial charge in [-0.1, -0.05) is 13.8 Å². The molecule has 2 aliphatic heterocycles. The summed E-state index contributed by atoms with van der Waals surface area (Å²) in [5.74, 6) is 1.13. The van der Waals surface area contributed by atoms with E-state index in [1.54, 1.807) is 12.4 Å². The lowest BCUT2D eigenvalue weighted by molar-refractivity contribution is 0.0438. The Bertz CT molecular complexity index is 517. The average molecular weight is 305 g/mol. The smallest absolute Gasteiger partial charge is 0.486 e. The third kappa shape index (κ3) is 3.29. The highest BCUT2D eigenvalue weighted by molar-refractivity contribution is 6.62. The summed E-state index contributed by atoms with van der Waals surface area (Å²) in [5.41, 5.74) is 0.585. The first-order chi connectivity index (χ1) is 10.5. The highest BCUT2D eigenvalue weighted by Gasteiger charge is 2.47. The van der Waals surface area contributed by atoms with E-state index in [1.807, 2.05) is 6.07 Å². The zero-order valence-corrected chi connectivity index (χ0v) is 13.7. The van der Waals surface area contributed by atoms with Crippen LogP contribution in [0.15, 0.2) is 18.5 Å². The maximum Gasteiger partial charge on any atom is 0.496 e. The number of hydrogen-bond donors (Lipinski definition) is 0. The Labute approximate surface area is 132 Å². The third-order valence-corrected chi connectivity index (χ3v) is 4.17. The molecule has 2 unspecified atom stereocenters. The van der Waals surface area contributed by atoms with E-state index in [1.165, 1.54) is 0 Å². The Hall–Kier alpha value is -1.11. The van der Waals surface area contributed by atoms with Crippen LogP contribution in [-0.4, -0.2) is 43.1 Å². The molecule has 3 heterocycles. The van der Waals surface area contributed by atoms with Crippen molar-refractivity contribution in [2.45, 2.75) is 51.9 Å². The molecule has 2 fully saturated rings. The van der Waals surface area contributed by atoms with Gasteiger partial charge in [0.25, 0.3) is 0 Å². The van der Waals surface area contributed by atoms with Crippen molar-refractivity contribution in [2.75, 3.05) is 13.2 Å². The van der Waals surface area contributed by atoms with Gasteiger partial charge >= 0.3 is 7.12 Å². The van der Waals surface area contributed by atoms with E-state index in [0.717, 1.165) is 24.2 Å². The van der Waals surface area contributed by atoms with Gasteiger partial charge in [-0.2, -0.15) is 0 Å². The molecule has 22 heavy (non-hydrogen) atoms. The van der Waals surface area contributed by atoms with Gasteiger partial charge in [0, 0.05) is 18.1 Å². The second-order valence-electron chi connectivity index (χ2n) is 6.91. The van der Waals surface area contributed by atoms with Crippen molar-refractivity contribution in [1.29, 1.82) is 0 Å². The maximum atomic E-state index is 6.11. The average Bonchev–Trinajstić information content (AvgIpc) is 3.06. The SMILES string of the molecule is CC(C)C1OB(c2cncc(OC3CCOC3)c2)OC1(C)C. The van der Waals surface area contributed by atoms with Gasteiger partial charge in [-0.25, -0.2) is 0 Å². The van der Waals surface area contributed by atoms with Crippen molar-refractivity contribution < 1.29 is 18.8 Å². The quantitative estimate of drug-likeness (QED) is 0.794. The minimum atomic E-state index is -0.390. The first-order valence-corrected chi connectivity index (χ1v) is 7.98. The van der Waals surface area contributed by atoms with E-state index in [9.17, 15) is 0 Å². The van der Waals surface area contributed by atoms with Crippen molar-refractivity contribution >= 4 is 12.6 Å². The van der Waals surface area contributed by atoms with Crippen molar-refractivity contribution in [3.8, 4) is 5.75 Å². The predicted octanol–water partition coefficient (Wildman–Crippen LogP) is 1.79. The molecule has 0 saturated carbocycles. The molecular weight excluding hydrogens is 281 g/mol. The summed E-state index contributed by atoms with van der Waals surface area (Å²) in [5, 5.41) is 0. The van der Waals surface area contributed by atoms with Gasteiger partial charge in [0.2, 0.25) is 0 Å². The Kier molecular flexibility index (Phi) is 4.43. The second kappa shape index (κ2) is 6.18. The van der Waals surface area contributed by atoms with Gasteiger partial charge in [0.15, 0.2) is 0 Å². The lowest BCUT2D eigenvalue weighted by Gasteiger charge is -2.28. The zero-order valence-electron chi connectivity index (χ0n) is 13.7. The molecule has 0 aliphatic carbocycles. The Morgan fingerprint density at radius 3 is 2.82 bits per heavy atom. The minimum Gasteiger partial charge on any atom is -0.486 e. The van der Waals surface area contributed by atoms with Crippen LogP contribution in [0.1, 0.15) is 34.1 Å². The lowest BCUT2D eigenvalue weighted by atomic mass is 9.80. The van der Waals surface area contributed by atoms with Crippen LogP contribution in [0.2, 0.25) is 0 Å². The van der Waals surface area contributed by atoms with E-state index in [0.29, 0.717) is 12.5 Å². The molecule has 5 nitrogen and oxygen atoms in total. The highest BCUT2D eigenvalue weighted by atomic mass is 16.7. The van der Waals surface area contributed by atoms with E-state index < -0.39 is 7.12 Å². The number of ether oxygens (including phenoxy) is 2. The molecule has 0 aromatic carbocycles. The van der Waals surface area contributed by atoms with Gasteiger partial charge in [-0.3, -0.25) is 4.98 Å². The lowest BCUT2D eigenvalue weighted by Crippen LogP contribution is -2.37. The van der Waals surface area contributed by atoms with Crippen LogP contribution in [0.3, 0.4) is 0 Å². The largest absolute Gasteiger partial charge is 0.496 e. The van der Waals surface area contributed by atoms with Crippen LogP contribution >= 0.6 is 0 Å². The summed E-state index contributed by atoms with van der Waals surface area (Å²) in [4.78, 5) is 4.26. The standard InChI is InChI=1S/C16H24BNO4/c1-11(2)15-16(3,4)22-17(21-15)12-7-14(9-18-8-12)20-13-5-6-19-10-13/h7-9,11,13,15H,5-6,10H2,1-4H3. The van der Waals surface area contributed by atoms with Crippen molar-refractivity contribution in [1.82, 2.24) is 4.98 Å². The van der Waals surface area contributed by atoms with Crippen LogP contribution < -0.4 is 10.2 Å². The summed E-state index contributed by atoms with van der Waals surface area (Å²) in [6, 6.07) is 1.95. The van der Waals surface area contributed by atoms with E-state index >= 15 is 0 Å². The summed E-state index contributed by atoms with van der Waals surface area (Å²) >= 11 is 0. The second-order valence-corrected chi connectivity index (χ2v) is 6.91. The fraction of sp³-hybridized carbons (Fsp3) is 0.688. The first kappa shape index (κ1) is 15.8. The molecule has 120 valence electrons. The van der Waals surface area contributed by atoms with Crippen LogP contribution in [0.4, 0.5) is 0 Å². The molecule has 1 aromatic heterocycles. The maximum absolute atomic E-state index is 6.11. The van der Waals surface area contributed by atoms with Crippen LogP contribution in [0, 0.1) is 5.92 Å². The van der Waals surface area contributed by atoms with E-state index in [2.05, 4.69) is 32.7 Å². The third-order valence-electron chi connectivity index (χ3n) is 4.17. The Morgan fingerprint density at radius 1 is 1.36 bits per heavy atom. The van der Waals surface area contributed by atoms with Gasteiger partial charge in [-0.05, 0) is 25.8 Å². The normalized spacial score (nSPS) is 27.6. The molecule has 0 N–H and O–H groups in total. The predicted molar refractivity (Wildman–Crippen MR) is 84.4 cm³/mol. The zero-order chi connectivity index (χ0) is 15.7. The number of rotatable bonds is 4. The summed E-state index contributed by atoms with van der Waals surface area (Å²) < 4.78 is 23.4. The fourth-order valence-corrected chi connectivity index (χ4v) is 3.20. The van der Waals surface area contributed by atoms with Crippen LogP contribution in [0.5, 0.6) is 5.75 Å². The van der Waals surface area contributed by atoms with Gasteiger partial charge < -0.3 is 18.8 Å². The summed E-state index contributed by atoms with van der Waals surface area (Å²) in [6.45, 7) is 9.84. The molecule has 0 amide bonds. The first-order valence-electron chi connectivity index (χ1n) is 7.98. The van der Waals surface area contributed by atoms with Crippen molar-refractivity contribution in [3.05, 3.63) is 18.5 Å². The highest BCUT2D eigenvalue weighted by Crippen LogP contribution is 2.32. The van der Waals surface area contributed by atoms with Crippen LogP contribution in [0.25, 0.3) is 0 Å². The summed E-state index contributed by atoms with van der Waals surface area (Å²) in [7, 11) is -0.390. The monoisotopic (exact) mass is 305 g/mol. The molecule has 1 aromatic rings. The molecule has 6 heteroatoms. The molecule has 2 atom stereocenters. The van der Waals surface area contributed by atoms with E-state index in [-0.39, 0.29) is 17.8 Å². The van der Waals surface area contributed by atoms with Gasteiger partial charge in [0.1, 0.15) is 11.9 Å². The van der Waals surface area contributed by atoms with Crippen molar-refractivity contribution in [2.24, 2.45) is 5.92 Å². The molecule has 2 saturated heterocycles. The van der Waals surface area contributed by atoms with E-state index in [4.69, 9.17) is 18.8 Å². The van der Waals surface area contributed by atoms with Gasteiger partial charge in [-0.15, -0.1) is 0 Å². The molecule has 2 aliphatic rings. The minimum absolute atomic E-state index is 0.0605. The Balaban J connectivity index is 1.72. The number of nitrogens with zero attached hydrogens (tertiary/aromatic N) is 1. The molecule has 0 radical (unpaired) electrons. The molecular formula is C16H24BNO4. The number of aromatic nitrogens is 1. The molecule has 0 bridgehead atoms. The summed E-state index contributed by atoms with van der Waals surface area (Å²) in [6.07, 6.45) is 4.60. The molecule has 3 rings (SSSR count). The topological polar surface area (TPSA) is 49.8 Å². The van der Waals surface area contributed by atoms with Crippen molar-refractivity contribution in [3.63, 3.8) is 0 Å². The fourth-order valence-electron chi connectivity index (χ4n) is 3.20.